The van der Waals surface area contributed by atoms with Crippen molar-refractivity contribution in [1.29, 1.82) is 0 Å². The molecule has 0 saturated heterocycles. The van der Waals surface area contributed by atoms with Gasteiger partial charge in [-0.25, -0.2) is 0 Å². The first-order valence-electron chi connectivity index (χ1n) is 23.7. The predicted octanol–water partition coefficient (Wildman–Crippen LogP) is 15.0. The second kappa shape index (κ2) is 41.1. The van der Waals surface area contributed by atoms with E-state index in [1.165, 1.54) is 148 Å². The molecule has 6 nitrogen and oxygen atoms in total. The summed E-state index contributed by atoms with van der Waals surface area (Å²) in [6.07, 6.45) is 39.6. The molecule has 0 aromatic heterocycles. The third kappa shape index (κ3) is 41.6. The molecule has 0 saturated carbocycles. The molecule has 54 heavy (non-hydrogen) atoms. The number of rotatable bonds is 42. The molecule has 0 amide bonds. The molecule has 0 N–H and O–H groups in total. The first-order chi connectivity index (χ1) is 26.2. The zero-order valence-corrected chi connectivity index (χ0v) is 36.8. The van der Waals surface area contributed by atoms with Crippen molar-refractivity contribution in [2.45, 2.75) is 265 Å². The molecule has 0 aromatic rings. The molecule has 0 bridgehead atoms. The predicted molar refractivity (Wildman–Crippen MR) is 229 cm³/mol. The Hall–Kier alpha value is -1.59. The van der Waals surface area contributed by atoms with E-state index < -0.39 is 6.10 Å². The lowest BCUT2D eigenvalue weighted by atomic mass is 10.0. The molecule has 0 radical (unpaired) electrons. The second-order valence-corrected chi connectivity index (χ2v) is 17.3. The largest absolute Gasteiger partial charge is 0.462 e. The molecule has 0 aliphatic rings. The number of hydrogen-bond acceptors (Lipinski definition) is 6. The van der Waals surface area contributed by atoms with E-state index in [9.17, 15) is 14.4 Å². The lowest BCUT2D eigenvalue weighted by Gasteiger charge is -2.18. The molecular weight excluding hydrogens is 673 g/mol. The molecule has 320 valence electrons. The van der Waals surface area contributed by atoms with Crippen molar-refractivity contribution < 1.29 is 28.6 Å². The summed E-state index contributed by atoms with van der Waals surface area (Å²) in [6, 6.07) is 0. The molecule has 0 spiro atoms. The number of carbonyl (C=O) groups excluding carboxylic acids is 3. The molecular formula is C48H92O6. The zero-order chi connectivity index (χ0) is 39.7. The molecule has 0 aliphatic carbocycles. The molecule has 0 unspecified atom stereocenters. The van der Waals surface area contributed by atoms with Crippen LogP contribution in [-0.4, -0.2) is 37.2 Å². The maximum absolute atomic E-state index is 12.7. The number of carbonyl (C=O) groups is 3. The van der Waals surface area contributed by atoms with Crippen LogP contribution in [0.25, 0.3) is 0 Å². The number of unbranched alkanes of at least 4 members (excludes halogenated alkanes) is 27. The molecule has 0 heterocycles. The van der Waals surface area contributed by atoms with Crippen LogP contribution >= 0.6 is 0 Å². The average Bonchev–Trinajstić information content (AvgIpc) is 3.14. The fourth-order valence-corrected chi connectivity index (χ4v) is 7.11. The Balaban J connectivity index is 4.27. The Morgan fingerprint density at radius 1 is 0.352 bits per heavy atom. The monoisotopic (exact) mass is 765 g/mol. The van der Waals surface area contributed by atoms with E-state index in [0.29, 0.717) is 19.3 Å². The van der Waals surface area contributed by atoms with Crippen LogP contribution in [0.4, 0.5) is 0 Å². The van der Waals surface area contributed by atoms with E-state index >= 15 is 0 Å². The molecule has 1 atom stereocenters. The summed E-state index contributed by atoms with van der Waals surface area (Å²) in [7, 11) is 0. The fourth-order valence-electron chi connectivity index (χ4n) is 7.11. The van der Waals surface area contributed by atoms with E-state index in [1.807, 2.05) is 0 Å². The minimum absolute atomic E-state index is 0.0656. The maximum atomic E-state index is 12.7. The summed E-state index contributed by atoms with van der Waals surface area (Å²) >= 11 is 0. The van der Waals surface area contributed by atoms with E-state index in [4.69, 9.17) is 14.2 Å². The minimum atomic E-state index is -0.761. The van der Waals surface area contributed by atoms with E-state index in [2.05, 4.69) is 34.6 Å². The highest BCUT2D eigenvalue weighted by Gasteiger charge is 2.19. The summed E-state index contributed by atoms with van der Waals surface area (Å²) in [6.45, 7) is 11.2. The summed E-state index contributed by atoms with van der Waals surface area (Å²) in [4.78, 5) is 37.7. The van der Waals surface area contributed by atoms with Gasteiger partial charge >= 0.3 is 17.9 Å². The first kappa shape index (κ1) is 52.4. The van der Waals surface area contributed by atoms with Gasteiger partial charge in [0.1, 0.15) is 13.2 Å². The van der Waals surface area contributed by atoms with Gasteiger partial charge in [-0.05, 0) is 31.1 Å². The van der Waals surface area contributed by atoms with Crippen LogP contribution in [0, 0.1) is 11.8 Å². The van der Waals surface area contributed by atoms with Gasteiger partial charge in [-0.2, -0.15) is 0 Å². The lowest BCUT2D eigenvalue weighted by molar-refractivity contribution is -0.167. The zero-order valence-electron chi connectivity index (χ0n) is 36.8. The Bertz CT molecular complexity index is 824. The third-order valence-corrected chi connectivity index (χ3v) is 10.7. The highest BCUT2D eigenvalue weighted by atomic mass is 16.6. The normalized spacial score (nSPS) is 12.1. The summed E-state index contributed by atoms with van der Waals surface area (Å²) in [5.41, 5.74) is 0. The highest BCUT2D eigenvalue weighted by molar-refractivity contribution is 5.71. The van der Waals surface area contributed by atoms with Crippen molar-refractivity contribution in [3.05, 3.63) is 0 Å². The fraction of sp³-hybridized carbons (Fsp3) is 0.938. The summed E-state index contributed by atoms with van der Waals surface area (Å²) < 4.78 is 16.7. The van der Waals surface area contributed by atoms with Crippen molar-refractivity contribution in [3.8, 4) is 0 Å². The standard InChI is InChI=1S/C48H92O6/c1-6-7-8-9-10-11-12-13-14-15-16-17-18-22-28-33-38-46(49)52-41-45(42-53-47(50)39-34-29-25-24-27-32-37-44(4)5)54-48(51)40-35-30-23-20-19-21-26-31-36-43(2)3/h43-45H,6-42H2,1-5H3/t45-/m1/s1. The molecule has 6 heteroatoms. The third-order valence-electron chi connectivity index (χ3n) is 10.7. The van der Waals surface area contributed by atoms with Gasteiger partial charge in [0.25, 0.3) is 0 Å². The quantitative estimate of drug-likeness (QED) is 0.0350. The van der Waals surface area contributed by atoms with Gasteiger partial charge in [0.2, 0.25) is 0 Å². The Morgan fingerprint density at radius 3 is 0.907 bits per heavy atom. The van der Waals surface area contributed by atoms with Crippen molar-refractivity contribution in [3.63, 3.8) is 0 Å². The van der Waals surface area contributed by atoms with Crippen molar-refractivity contribution in [1.82, 2.24) is 0 Å². The number of esters is 3. The van der Waals surface area contributed by atoms with Gasteiger partial charge in [-0.3, -0.25) is 14.4 Å². The second-order valence-electron chi connectivity index (χ2n) is 17.3. The van der Waals surface area contributed by atoms with Crippen molar-refractivity contribution >= 4 is 17.9 Å². The van der Waals surface area contributed by atoms with Gasteiger partial charge in [0, 0.05) is 19.3 Å². The topological polar surface area (TPSA) is 78.9 Å². The van der Waals surface area contributed by atoms with E-state index in [0.717, 1.165) is 69.6 Å². The van der Waals surface area contributed by atoms with Crippen LogP contribution in [0.15, 0.2) is 0 Å². The van der Waals surface area contributed by atoms with Crippen LogP contribution in [0.3, 0.4) is 0 Å². The Labute approximate surface area is 336 Å². The van der Waals surface area contributed by atoms with Gasteiger partial charge in [0.05, 0.1) is 0 Å². The van der Waals surface area contributed by atoms with Crippen LogP contribution in [0.1, 0.15) is 259 Å². The van der Waals surface area contributed by atoms with Crippen LogP contribution in [-0.2, 0) is 28.6 Å². The highest BCUT2D eigenvalue weighted by Crippen LogP contribution is 2.17. The average molecular weight is 765 g/mol. The number of ether oxygens (including phenoxy) is 3. The number of hydrogen-bond donors (Lipinski definition) is 0. The lowest BCUT2D eigenvalue weighted by Crippen LogP contribution is -2.30. The van der Waals surface area contributed by atoms with Crippen molar-refractivity contribution in [2.75, 3.05) is 13.2 Å². The molecule has 0 aromatic carbocycles. The first-order valence-corrected chi connectivity index (χ1v) is 23.7. The van der Waals surface area contributed by atoms with Gasteiger partial charge in [-0.1, -0.05) is 221 Å². The Kier molecular flexibility index (Phi) is 39.8. The molecule has 0 rings (SSSR count). The molecule has 0 fully saturated rings. The van der Waals surface area contributed by atoms with Gasteiger partial charge in [-0.15, -0.1) is 0 Å². The van der Waals surface area contributed by atoms with E-state index in [1.54, 1.807) is 0 Å². The SMILES string of the molecule is CCCCCCCCCCCCCCCCCCC(=O)OC[C@H](COC(=O)CCCCCCCCC(C)C)OC(=O)CCCCCCCCCCC(C)C. The Morgan fingerprint density at radius 2 is 0.611 bits per heavy atom. The van der Waals surface area contributed by atoms with E-state index in [-0.39, 0.29) is 31.1 Å². The summed E-state index contributed by atoms with van der Waals surface area (Å²) in [5.74, 6) is 0.695. The maximum Gasteiger partial charge on any atom is 0.306 e. The van der Waals surface area contributed by atoms with Gasteiger partial charge < -0.3 is 14.2 Å². The smallest absolute Gasteiger partial charge is 0.306 e. The van der Waals surface area contributed by atoms with Crippen LogP contribution in [0.2, 0.25) is 0 Å². The van der Waals surface area contributed by atoms with Crippen LogP contribution in [0.5, 0.6) is 0 Å². The minimum Gasteiger partial charge on any atom is -0.462 e. The molecule has 0 aliphatic heterocycles. The summed E-state index contributed by atoms with van der Waals surface area (Å²) in [5, 5.41) is 0. The van der Waals surface area contributed by atoms with Crippen LogP contribution < -0.4 is 0 Å². The van der Waals surface area contributed by atoms with Crippen molar-refractivity contribution in [2.24, 2.45) is 11.8 Å². The van der Waals surface area contributed by atoms with Gasteiger partial charge in [0.15, 0.2) is 6.10 Å².